The number of fused-ring (bicyclic) bond motifs is 1. The average molecular weight is 275 g/mol. The molecule has 0 amide bonds. The molecule has 0 bridgehead atoms. The summed E-state index contributed by atoms with van der Waals surface area (Å²) in [6.45, 7) is 6.96. The molecule has 0 radical (unpaired) electrons. The van der Waals surface area contributed by atoms with Crippen molar-refractivity contribution in [1.29, 1.82) is 0 Å². The molecule has 0 aliphatic carbocycles. The van der Waals surface area contributed by atoms with E-state index in [0.29, 0.717) is 0 Å². The van der Waals surface area contributed by atoms with Crippen molar-refractivity contribution in [3.63, 3.8) is 0 Å². The molecule has 3 rings (SSSR count). The number of nitrogens with zero attached hydrogens (tertiary/aromatic N) is 2. The van der Waals surface area contributed by atoms with Gasteiger partial charge >= 0.3 is 0 Å². The van der Waals surface area contributed by atoms with E-state index in [1.165, 1.54) is 36.0 Å². The summed E-state index contributed by atoms with van der Waals surface area (Å²) in [5.41, 5.74) is 0. The van der Waals surface area contributed by atoms with Gasteiger partial charge in [0, 0.05) is 29.4 Å². The summed E-state index contributed by atoms with van der Waals surface area (Å²) in [7, 11) is 0. The number of nitrogens with one attached hydrogen (secondary N) is 1. The molecule has 3 nitrogen and oxygen atoms in total. The Morgan fingerprint density at radius 2 is 2.21 bits per heavy atom. The first-order valence-electron chi connectivity index (χ1n) is 7.11. The zero-order chi connectivity index (χ0) is 13.1. The molecule has 1 N–H and O–H groups in total. The summed E-state index contributed by atoms with van der Waals surface area (Å²) in [4.78, 5) is 7.01. The van der Waals surface area contributed by atoms with Crippen LogP contribution in [0.4, 0.5) is 5.82 Å². The Hall–Kier alpha value is -1.13. The van der Waals surface area contributed by atoms with Crippen LogP contribution in [-0.2, 0) is 0 Å². The van der Waals surface area contributed by atoms with E-state index in [4.69, 9.17) is 0 Å². The van der Waals surface area contributed by atoms with Gasteiger partial charge in [-0.05, 0) is 49.4 Å². The standard InChI is InChI=1S/C15H21N3S/c1-12-3-8-18(9-4-12)10-7-17-15-13-5-11-19-14(13)2-6-16-15/h2,5-6,11-12H,3-4,7-10H2,1H3,(H,16,17). The Morgan fingerprint density at radius 3 is 3.05 bits per heavy atom. The van der Waals surface area contributed by atoms with Crippen LogP contribution in [-0.4, -0.2) is 36.1 Å². The van der Waals surface area contributed by atoms with Gasteiger partial charge in [0.05, 0.1) is 0 Å². The number of anilines is 1. The number of rotatable bonds is 4. The maximum atomic E-state index is 4.45. The first-order valence-corrected chi connectivity index (χ1v) is 7.99. The molecule has 0 aromatic carbocycles. The highest BCUT2D eigenvalue weighted by atomic mass is 32.1. The lowest BCUT2D eigenvalue weighted by molar-refractivity contribution is 0.199. The topological polar surface area (TPSA) is 28.2 Å². The van der Waals surface area contributed by atoms with Crippen molar-refractivity contribution < 1.29 is 0 Å². The third kappa shape index (κ3) is 3.07. The second kappa shape index (κ2) is 5.88. The van der Waals surface area contributed by atoms with Gasteiger partial charge in [0.1, 0.15) is 5.82 Å². The molecule has 4 heteroatoms. The van der Waals surface area contributed by atoms with Gasteiger partial charge in [-0.25, -0.2) is 4.98 Å². The van der Waals surface area contributed by atoms with Crippen molar-refractivity contribution in [2.24, 2.45) is 5.92 Å². The molecule has 2 aromatic rings. The fourth-order valence-corrected chi connectivity index (χ4v) is 3.44. The number of aromatic nitrogens is 1. The van der Waals surface area contributed by atoms with Gasteiger partial charge < -0.3 is 10.2 Å². The third-order valence-corrected chi connectivity index (χ3v) is 4.86. The van der Waals surface area contributed by atoms with Gasteiger partial charge in [0.2, 0.25) is 0 Å². The van der Waals surface area contributed by atoms with Crippen LogP contribution in [0.15, 0.2) is 23.7 Å². The molecule has 19 heavy (non-hydrogen) atoms. The number of piperidine rings is 1. The van der Waals surface area contributed by atoms with Crippen LogP contribution in [0, 0.1) is 5.92 Å². The lowest BCUT2D eigenvalue weighted by Gasteiger charge is -2.30. The Bertz CT molecular complexity index is 529. The van der Waals surface area contributed by atoms with Crippen LogP contribution in [0.1, 0.15) is 19.8 Å². The molecule has 0 saturated carbocycles. The molecule has 1 aliphatic rings. The number of hydrogen-bond acceptors (Lipinski definition) is 4. The normalized spacial score (nSPS) is 17.9. The summed E-state index contributed by atoms with van der Waals surface area (Å²) in [5.74, 6) is 1.94. The third-order valence-electron chi connectivity index (χ3n) is 3.98. The van der Waals surface area contributed by atoms with Crippen LogP contribution in [0.5, 0.6) is 0 Å². The van der Waals surface area contributed by atoms with E-state index < -0.39 is 0 Å². The first-order chi connectivity index (χ1) is 9.33. The Labute approximate surface area is 118 Å². The molecule has 1 fully saturated rings. The van der Waals surface area contributed by atoms with Crippen molar-refractivity contribution >= 4 is 27.2 Å². The summed E-state index contributed by atoms with van der Waals surface area (Å²) >= 11 is 1.77. The van der Waals surface area contributed by atoms with Gasteiger partial charge in [0.25, 0.3) is 0 Å². The highest BCUT2D eigenvalue weighted by Gasteiger charge is 2.14. The second-order valence-electron chi connectivity index (χ2n) is 5.44. The van der Waals surface area contributed by atoms with E-state index in [0.717, 1.165) is 24.8 Å². The molecule has 1 aliphatic heterocycles. The predicted octanol–water partition coefficient (Wildman–Crippen LogP) is 3.44. The van der Waals surface area contributed by atoms with E-state index in [1.807, 2.05) is 6.20 Å². The monoisotopic (exact) mass is 275 g/mol. The Balaban J connectivity index is 1.53. The zero-order valence-corrected chi connectivity index (χ0v) is 12.2. The summed E-state index contributed by atoms with van der Waals surface area (Å²) in [6, 6.07) is 4.23. The highest BCUT2D eigenvalue weighted by molar-refractivity contribution is 7.17. The van der Waals surface area contributed by atoms with Gasteiger partial charge in [-0.15, -0.1) is 11.3 Å². The molecular weight excluding hydrogens is 254 g/mol. The zero-order valence-electron chi connectivity index (χ0n) is 11.4. The van der Waals surface area contributed by atoms with E-state index in [2.05, 4.69) is 39.6 Å². The SMILES string of the molecule is CC1CCN(CCNc2nccc3sccc23)CC1. The van der Waals surface area contributed by atoms with Crippen LogP contribution < -0.4 is 5.32 Å². The summed E-state index contributed by atoms with van der Waals surface area (Å²) < 4.78 is 1.31. The number of hydrogen-bond donors (Lipinski definition) is 1. The fourth-order valence-electron chi connectivity index (χ4n) is 2.65. The van der Waals surface area contributed by atoms with Crippen molar-refractivity contribution in [3.8, 4) is 0 Å². The van der Waals surface area contributed by atoms with Crippen LogP contribution in [0.3, 0.4) is 0 Å². The molecule has 0 unspecified atom stereocenters. The first kappa shape index (κ1) is 12.9. The average Bonchev–Trinajstić information content (AvgIpc) is 2.90. The quantitative estimate of drug-likeness (QED) is 0.926. The van der Waals surface area contributed by atoms with Crippen molar-refractivity contribution in [3.05, 3.63) is 23.7 Å². The number of pyridine rings is 1. The molecule has 0 atom stereocenters. The molecule has 102 valence electrons. The fraction of sp³-hybridized carbons (Fsp3) is 0.533. The smallest absolute Gasteiger partial charge is 0.134 e. The predicted molar refractivity (Wildman–Crippen MR) is 82.9 cm³/mol. The van der Waals surface area contributed by atoms with Crippen molar-refractivity contribution in [1.82, 2.24) is 9.88 Å². The molecule has 3 heterocycles. The number of likely N-dealkylation sites (tertiary alicyclic amines) is 1. The number of thiophene rings is 1. The van der Waals surface area contributed by atoms with Crippen LogP contribution >= 0.6 is 11.3 Å². The van der Waals surface area contributed by atoms with Crippen LogP contribution in [0.2, 0.25) is 0 Å². The van der Waals surface area contributed by atoms with Crippen molar-refractivity contribution in [2.75, 3.05) is 31.5 Å². The molecular formula is C15H21N3S. The van der Waals surface area contributed by atoms with E-state index in [1.54, 1.807) is 11.3 Å². The molecule has 1 saturated heterocycles. The van der Waals surface area contributed by atoms with E-state index >= 15 is 0 Å². The summed E-state index contributed by atoms with van der Waals surface area (Å²) in [6.07, 6.45) is 4.58. The minimum absolute atomic E-state index is 0.908. The Kier molecular flexibility index (Phi) is 3.99. The van der Waals surface area contributed by atoms with Gasteiger partial charge in [-0.1, -0.05) is 6.92 Å². The van der Waals surface area contributed by atoms with Crippen LogP contribution in [0.25, 0.3) is 10.1 Å². The van der Waals surface area contributed by atoms with Crippen molar-refractivity contribution in [2.45, 2.75) is 19.8 Å². The van der Waals surface area contributed by atoms with Gasteiger partial charge in [-0.2, -0.15) is 0 Å². The maximum Gasteiger partial charge on any atom is 0.134 e. The lowest BCUT2D eigenvalue weighted by atomic mass is 9.99. The maximum absolute atomic E-state index is 4.45. The lowest BCUT2D eigenvalue weighted by Crippen LogP contribution is -2.36. The Morgan fingerprint density at radius 1 is 1.37 bits per heavy atom. The largest absolute Gasteiger partial charge is 0.368 e. The summed E-state index contributed by atoms with van der Waals surface area (Å²) in [5, 5.41) is 6.86. The van der Waals surface area contributed by atoms with Gasteiger partial charge in [0.15, 0.2) is 0 Å². The van der Waals surface area contributed by atoms with E-state index in [-0.39, 0.29) is 0 Å². The molecule has 2 aromatic heterocycles. The molecule has 0 spiro atoms. The highest BCUT2D eigenvalue weighted by Crippen LogP contribution is 2.25. The minimum Gasteiger partial charge on any atom is -0.368 e. The van der Waals surface area contributed by atoms with E-state index in [9.17, 15) is 0 Å². The van der Waals surface area contributed by atoms with Gasteiger partial charge in [-0.3, -0.25) is 0 Å². The second-order valence-corrected chi connectivity index (χ2v) is 6.39. The minimum atomic E-state index is 0.908.